The molecule has 1 fully saturated rings. The molecule has 3 rings (SSSR count). The van der Waals surface area contributed by atoms with E-state index in [9.17, 15) is 18.0 Å². The molecule has 1 saturated heterocycles. The molecule has 0 bridgehead atoms. The van der Waals surface area contributed by atoms with Crippen LogP contribution in [0.3, 0.4) is 0 Å². The van der Waals surface area contributed by atoms with Gasteiger partial charge in [0.1, 0.15) is 11.4 Å². The van der Waals surface area contributed by atoms with Crippen molar-refractivity contribution in [1.82, 2.24) is 14.9 Å². The van der Waals surface area contributed by atoms with Gasteiger partial charge in [-0.15, -0.1) is 0 Å². The lowest BCUT2D eigenvalue weighted by molar-refractivity contribution is -0.138. The summed E-state index contributed by atoms with van der Waals surface area (Å²) >= 11 is 6.38. The molecule has 1 aliphatic rings. The van der Waals surface area contributed by atoms with Crippen LogP contribution in [0.25, 0.3) is 10.9 Å². The van der Waals surface area contributed by atoms with Crippen molar-refractivity contribution in [2.75, 3.05) is 18.0 Å². The molecule has 11 heteroatoms. The highest BCUT2D eigenvalue weighted by molar-refractivity contribution is 9.10. The molecule has 0 N–H and O–H groups in total. The molecular formula is C21H25Br2F3N4O2. The van der Waals surface area contributed by atoms with Gasteiger partial charge in [-0.2, -0.15) is 13.2 Å². The first-order valence-electron chi connectivity index (χ1n) is 10.1. The van der Waals surface area contributed by atoms with E-state index in [0.717, 1.165) is 6.07 Å². The van der Waals surface area contributed by atoms with E-state index in [2.05, 4.69) is 41.8 Å². The first kappa shape index (κ1) is 25.0. The molecule has 0 saturated carbocycles. The Morgan fingerprint density at radius 2 is 1.69 bits per heavy atom. The number of aryl methyl sites for hydroxylation is 1. The number of fused-ring (bicyclic) bond motifs is 1. The molecule has 1 aromatic carbocycles. The summed E-state index contributed by atoms with van der Waals surface area (Å²) in [5, 5.41) is 0.311. The van der Waals surface area contributed by atoms with Gasteiger partial charge in [0.2, 0.25) is 0 Å². The summed E-state index contributed by atoms with van der Waals surface area (Å²) in [6.07, 6.45) is -4.94. The first-order valence-corrected chi connectivity index (χ1v) is 11.7. The van der Waals surface area contributed by atoms with Crippen molar-refractivity contribution in [2.24, 2.45) is 0 Å². The first-order chi connectivity index (χ1) is 14.6. The minimum atomic E-state index is -4.53. The second-order valence-electron chi connectivity index (χ2n) is 9.06. The van der Waals surface area contributed by atoms with Gasteiger partial charge in [0.25, 0.3) is 0 Å². The third-order valence-electron chi connectivity index (χ3n) is 5.24. The van der Waals surface area contributed by atoms with E-state index >= 15 is 0 Å². The number of ether oxygens (including phenoxy) is 1. The number of nitrogens with zero attached hydrogens (tertiary/aromatic N) is 4. The third kappa shape index (κ3) is 4.98. The molecule has 0 spiro atoms. The van der Waals surface area contributed by atoms with Crippen LogP contribution in [0.2, 0.25) is 0 Å². The van der Waals surface area contributed by atoms with Crippen molar-refractivity contribution in [3.05, 3.63) is 26.4 Å². The van der Waals surface area contributed by atoms with Crippen LogP contribution in [0.5, 0.6) is 0 Å². The Kier molecular flexibility index (Phi) is 6.74. The molecule has 2 atom stereocenters. The minimum absolute atomic E-state index is 0.0365. The maximum Gasteiger partial charge on any atom is 0.417 e. The number of carbonyl (C=O) groups is 1. The Morgan fingerprint density at radius 1 is 1.12 bits per heavy atom. The predicted octanol–water partition coefficient (Wildman–Crippen LogP) is 6.32. The minimum Gasteiger partial charge on any atom is -0.444 e. The molecule has 2 unspecified atom stereocenters. The molecule has 1 amide bonds. The standard InChI is InChI=1S/C21H25Br2F3N4O2/c1-10-8-29(9-11(2)30(10)19(31)32-20(4,5)6)17-13-7-14(21(24,25)26)15(22)12(3)16(13)27-18(23)28-17/h7,10-11H,8-9H2,1-6H3. The number of alkyl halides is 3. The molecule has 1 aromatic heterocycles. The van der Waals surface area contributed by atoms with Crippen LogP contribution >= 0.6 is 31.9 Å². The van der Waals surface area contributed by atoms with Crippen LogP contribution in [0, 0.1) is 6.92 Å². The topological polar surface area (TPSA) is 58.6 Å². The Bertz CT molecular complexity index is 1040. The van der Waals surface area contributed by atoms with E-state index in [1.807, 2.05) is 18.7 Å². The number of halogens is 5. The van der Waals surface area contributed by atoms with Crippen LogP contribution < -0.4 is 4.90 Å². The molecule has 0 radical (unpaired) electrons. The van der Waals surface area contributed by atoms with Crippen molar-refractivity contribution >= 4 is 54.7 Å². The average Bonchev–Trinajstić information content (AvgIpc) is 2.61. The van der Waals surface area contributed by atoms with E-state index in [0.29, 0.717) is 35.4 Å². The summed E-state index contributed by atoms with van der Waals surface area (Å²) in [6.45, 7) is 11.6. The Morgan fingerprint density at radius 3 is 2.19 bits per heavy atom. The van der Waals surface area contributed by atoms with Crippen molar-refractivity contribution in [3.63, 3.8) is 0 Å². The van der Waals surface area contributed by atoms with Gasteiger partial charge in [0.15, 0.2) is 4.73 Å². The molecule has 0 aliphatic carbocycles. The monoisotopic (exact) mass is 580 g/mol. The quantitative estimate of drug-likeness (QED) is 0.369. The number of aromatic nitrogens is 2. The van der Waals surface area contributed by atoms with Gasteiger partial charge in [-0.05, 0) is 85.0 Å². The molecule has 1 aliphatic heterocycles. The molecule has 6 nitrogen and oxygen atoms in total. The van der Waals surface area contributed by atoms with Crippen molar-refractivity contribution in [2.45, 2.75) is 65.4 Å². The van der Waals surface area contributed by atoms with Crippen LogP contribution in [0.1, 0.15) is 45.7 Å². The fraction of sp³-hybridized carbons (Fsp3) is 0.571. The Hall–Kier alpha value is -1.62. The second kappa shape index (κ2) is 8.62. The van der Waals surface area contributed by atoms with E-state index in [-0.39, 0.29) is 21.3 Å². The smallest absolute Gasteiger partial charge is 0.417 e. The van der Waals surface area contributed by atoms with Gasteiger partial charge in [-0.1, -0.05) is 0 Å². The van der Waals surface area contributed by atoms with E-state index in [4.69, 9.17) is 4.74 Å². The zero-order chi connectivity index (χ0) is 24.2. The summed E-state index contributed by atoms with van der Waals surface area (Å²) in [7, 11) is 0. The lowest BCUT2D eigenvalue weighted by atomic mass is 10.0. The number of carbonyl (C=O) groups excluding carboxylic acids is 1. The highest BCUT2D eigenvalue weighted by Crippen LogP contribution is 2.42. The average molecular weight is 582 g/mol. The van der Waals surface area contributed by atoms with Crippen LogP contribution in [-0.2, 0) is 10.9 Å². The zero-order valence-electron chi connectivity index (χ0n) is 18.6. The second-order valence-corrected chi connectivity index (χ2v) is 10.6. The summed E-state index contributed by atoms with van der Waals surface area (Å²) in [5.74, 6) is 0.394. The highest BCUT2D eigenvalue weighted by atomic mass is 79.9. The van der Waals surface area contributed by atoms with Crippen molar-refractivity contribution in [3.8, 4) is 0 Å². The summed E-state index contributed by atoms with van der Waals surface area (Å²) in [4.78, 5) is 25.0. The predicted molar refractivity (Wildman–Crippen MR) is 124 cm³/mol. The van der Waals surface area contributed by atoms with Gasteiger partial charge in [0.05, 0.1) is 23.2 Å². The van der Waals surface area contributed by atoms with Crippen LogP contribution in [0.15, 0.2) is 15.3 Å². The molecule has 176 valence electrons. The molecular weight excluding hydrogens is 557 g/mol. The lowest BCUT2D eigenvalue weighted by Crippen LogP contribution is -2.59. The largest absolute Gasteiger partial charge is 0.444 e. The fourth-order valence-electron chi connectivity index (χ4n) is 3.98. The van der Waals surface area contributed by atoms with Crippen LogP contribution in [-0.4, -0.2) is 51.7 Å². The number of benzene rings is 1. The van der Waals surface area contributed by atoms with Gasteiger partial charge in [-0.3, -0.25) is 4.90 Å². The van der Waals surface area contributed by atoms with Gasteiger partial charge in [-0.25, -0.2) is 14.8 Å². The Balaban J connectivity index is 2.05. The molecule has 32 heavy (non-hydrogen) atoms. The highest BCUT2D eigenvalue weighted by Gasteiger charge is 2.38. The van der Waals surface area contributed by atoms with Crippen LogP contribution in [0.4, 0.5) is 23.8 Å². The van der Waals surface area contributed by atoms with E-state index in [1.165, 1.54) is 0 Å². The normalized spacial score (nSPS) is 20.1. The summed E-state index contributed by atoms with van der Waals surface area (Å²) < 4.78 is 46.8. The lowest BCUT2D eigenvalue weighted by Gasteiger charge is -2.45. The van der Waals surface area contributed by atoms with E-state index < -0.39 is 23.4 Å². The third-order valence-corrected chi connectivity index (χ3v) is 6.61. The fourth-order valence-corrected chi connectivity index (χ4v) is 4.85. The molecule has 2 heterocycles. The summed E-state index contributed by atoms with van der Waals surface area (Å²) in [5.41, 5.74) is -0.590. The number of hydrogen-bond acceptors (Lipinski definition) is 5. The SMILES string of the molecule is Cc1c(Br)c(C(F)(F)F)cc2c(N3CC(C)N(C(=O)OC(C)(C)C)C(C)C3)nc(Br)nc12. The number of anilines is 1. The Labute approximate surface area is 201 Å². The van der Waals surface area contributed by atoms with Gasteiger partial charge < -0.3 is 9.64 Å². The molecule has 2 aromatic rings. The van der Waals surface area contributed by atoms with Crippen molar-refractivity contribution in [1.29, 1.82) is 0 Å². The van der Waals surface area contributed by atoms with E-state index in [1.54, 1.807) is 32.6 Å². The zero-order valence-corrected chi connectivity index (χ0v) is 21.8. The van der Waals surface area contributed by atoms with Gasteiger partial charge in [0, 0.05) is 22.9 Å². The summed E-state index contributed by atoms with van der Waals surface area (Å²) in [6, 6.07) is 0.607. The maximum atomic E-state index is 13.7. The number of amides is 1. The maximum absolute atomic E-state index is 13.7. The van der Waals surface area contributed by atoms with Crippen molar-refractivity contribution < 1.29 is 22.7 Å². The number of hydrogen-bond donors (Lipinski definition) is 0. The number of piperazine rings is 1. The number of rotatable bonds is 1. The van der Waals surface area contributed by atoms with Gasteiger partial charge >= 0.3 is 12.3 Å².